The van der Waals surface area contributed by atoms with Gasteiger partial charge in [-0.25, -0.2) is 0 Å². The number of aryl methyl sites for hydroxylation is 1. The maximum atomic E-state index is 15.0. The summed E-state index contributed by atoms with van der Waals surface area (Å²) in [7, 11) is 0. The molecule has 12 atom stereocenters. The van der Waals surface area contributed by atoms with E-state index in [4.69, 9.17) is 4.42 Å². The van der Waals surface area contributed by atoms with Crippen LogP contribution in [-0.2, 0) is 4.79 Å². The van der Waals surface area contributed by atoms with Crippen molar-refractivity contribution in [3.05, 3.63) is 11.8 Å². The SMILES string of the molecule is Cc1nnc([C@H]2C[C@@H](CC(=O)[C@]34CC[C@@H](C5(C)CC5)[C@@H]3[C@H]3CC[C@@H]5[C@@]6(C)CC[C@H](O)C(C)(C)[C@@H]6CC[C@@]5(C)[C@]3(C)CC4)C2(C)C)o1. The van der Waals surface area contributed by atoms with Gasteiger partial charge in [-0.3, -0.25) is 4.79 Å². The zero-order valence-corrected chi connectivity index (χ0v) is 30.7. The molecule has 7 saturated carbocycles. The summed E-state index contributed by atoms with van der Waals surface area (Å²) in [6, 6.07) is 0. The first-order valence-electron chi connectivity index (χ1n) is 19.5. The van der Waals surface area contributed by atoms with E-state index in [0.29, 0.717) is 63.4 Å². The molecule has 0 bridgehead atoms. The van der Waals surface area contributed by atoms with Crippen LogP contribution in [0.2, 0.25) is 0 Å². The van der Waals surface area contributed by atoms with Gasteiger partial charge in [-0.05, 0) is 151 Å². The first-order valence-corrected chi connectivity index (χ1v) is 19.5. The Labute approximate surface area is 279 Å². The lowest BCUT2D eigenvalue weighted by atomic mass is 9.32. The van der Waals surface area contributed by atoms with Gasteiger partial charge in [0.2, 0.25) is 11.8 Å². The van der Waals surface area contributed by atoms with Crippen molar-refractivity contribution in [2.24, 2.45) is 73.4 Å². The first-order chi connectivity index (χ1) is 21.4. The smallest absolute Gasteiger partial charge is 0.220 e. The number of hydrogen-bond acceptors (Lipinski definition) is 5. The summed E-state index contributed by atoms with van der Waals surface area (Å²) in [5.41, 5.74) is 1.21. The van der Waals surface area contributed by atoms with Gasteiger partial charge >= 0.3 is 0 Å². The second-order valence-corrected chi connectivity index (χ2v) is 20.6. The lowest BCUT2D eigenvalue weighted by Crippen LogP contribution is -2.67. The van der Waals surface area contributed by atoms with Crippen molar-refractivity contribution >= 4 is 5.78 Å². The summed E-state index contributed by atoms with van der Waals surface area (Å²) in [5, 5.41) is 19.6. The number of rotatable bonds is 5. The number of carbonyl (C=O) groups is 1. The molecule has 256 valence electrons. The highest BCUT2D eigenvalue weighted by molar-refractivity contribution is 5.86. The molecule has 46 heavy (non-hydrogen) atoms. The van der Waals surface area contributed by atoms with Crippen molar-refractivity contribution in [2.75, 3.05) is 0 Å². The van der Waals surface area contributed by atoms with E-state index in [2.05, 4.69) is 65.6 Å². The van der Waals surface area contributed by atoms with Gasteiger partial charge in [-0.15, -0.1) is 10.2 Å². The van der Waals surface area contributed by atoms with E-state index in [-0.39, 0.29) is 33.7 Å². The summed E-state index contributed by atoms with van der Waals surface area (Å²) in [6.07, 6.45) is 16.3. The molecule has 1 aromatic heterocycles. The van der Waals surface area contributed by atoms with Gasteiger partial charge in [0, 0.05) is 24.7 Å². The van der Waals surface area contributed by atoms with Crippen LogP contribution in [0.25, 0.3) is 0 Å². The normalized spacial score (nSPS) is 51.2. The molecule has 7 aliphatic carbocycles. The second kappa shape index (κ2) is 9.72. The molecule has 0 amide bonds. The van der Waals surface area contributed by atoms with E-state index < -0.39 is 0 Å². The minimum Gasteiger partial charge on any atom is -0.425 e. The van der Waals surface area contributed by atoms with Gasteiger partial charge in [0.1, 0.15) is 5.78 Å². The van der Waals surface area contributed by atoms with Gasteiger partial charge < -0.3 is 9.52 Å². The number of hydrogen-bond donors (Lipinski definition) is 1. The third-order valence-corrected chi connectivity index (χ3v) is 18.6. The number of aromatic nitrogens is 2. The van der Waals surface area contributed by atoms with Crippen LogP contribution in [0.1, 0.15) is 163 Å². The number of nitrogens with zero attached hydrogens (tertiary/aromatic N) is 2. The van der Waals surface area contributed by atoms with E-state index in [0.717, 1.165) is 38.0 Å². The molecule has 0 aliphatic heterocycles. The Hall–Kier alpha value is -1.23. The van der Waals surface area contributed by atoms with Crippen molar-refractivity contribution in [1.29, 1.82) is 0 Å². The Morgan fingerprint density at radius 1 is 0.761 bits per heavy atom. The number of Topliss-reactive ketones (excluding diaryl/α,β-unsaturated/α-hetero) is 1. The molecule has 5 nitrogen and oxygen atoms in total. The molecule has 1 aromatic rings. The van der Waals surface area contributed by atoms with Gasteiger partial charge in [-0.2, -0.15) is 0 Å². The van der Waals surface area contributed by atoms with Crippen LogP contribution in [0.5, 0.6) is 0 Å². The van der Waals surface area contributed by atoms with Gasteiger partial charge in [0.25, 0.3) is 0 Å². The summed E-state index contributed by atoms with van der Waals surface area (Å²) in [4.78, 5) is 15.0. The van der Waals surface area contributed by atoms with Crippen LogP contribution in [-0.4, -0.2) is 27.2 Å². The minimum absolute atomic E-state index is 0.00536. The number of aliphatic hydroxyl groups is 1. The summed E-state index contributed by atoms with van der Waals surface area (Å²) in [6.45, 7) is 21.9. The number of fused-ring (bicyclic) bond motifs is 7. The molecule has 8 rings (SSSR count). The molecular formula is C41H64N2O3. The average Bonchev–Trinajstić information content (AvgIpc) is 3.39. The van der Waals surface area contributed by atoms with Crippen LogP contribution in [0.4, 0.5) is 0 Å². The van der Waals surface area contributed by atoms with Crippen molar-refractivity contribution < 1.29 is 14.3 Å². The van der Waals surface area contributed by atoms with Gasteiger partial charge in [0.05, 0.1) is 6.10 Å². The van der Waals surface area contributed by atoms with E-state index >= 15 is 4.79 Å². The van der Waals surface area contributed by atoms with Crippen molar-refractivity contribution in [2.45, 2.75) is 164 Å². The molecule has 0 aromatic carbocycles. The third kappa shape index (κ3) is 3.93. The van der Waals surface area contributed by atoms with Gasteiger partial charge in [0.15, 0.2) is 0 Å². The monoisotopic (exact) mass is 632 g/mol. The third-order valence-electron chi connectivity index (χ3n) is 18.6. The van der Waals surface area contributed by atoms with Crippen molar-refractivity contribution in [1.82, 2.24) is 10.2 Å². The number of carbonyl (C=O) groups excluding carboxylic acids is 1. The van der Waals surface area contributed by atoms with Crippen molar-refractivity contribution in [3.63, 3.8) is 0 Å². The van der Waals surface area contributed by atoms with E-state index in [1.54, 1.807) is 0 Å². The van der Waals surface area contributed by atoms with E-state index in [9.17, 15) is 5.11 Å². The molecule has 5 heteroatoms. The Kier molecular flexibility index (Phi) is 6.76. The molecule has 7 fully saturated rings. The first kappa shape index (κ1) is 32.0. The maximum absolute atomic E-state index is 15.0. The Bertz CT molecular complexity index is 1410. The van der Waals surface area contributed by atoms with Crippen LogP contribution >= 0.6 is 0 Å². The molecule has 1 N–H and O–H groups in total. The lowest BCUT2D eigenvalue weighted by Gasteiger charge is -2.73. The second-order valence-electron chi connectivity index (χ2n) is 20.6. The Morgan fingerprint density at radius 3 is 2.15 bits per heavy atom. The number of ketones is 1. The highest BCUT2D eigenvalue weighted by Crippen LogP contribution is 2.79. The van der Waals surface area contributed by atoms with Gasteiger partial charge in [-0.1, -0.05) is 55.4 Å². The Balaban J connectivity index is 1.10. The quantitative estimate of drug-likeness (QED) is 0.350. The molecule has 0 saturated heterocycles. The topological polar surface area (TPSA) is 76.2 Å². The molecular weight excluding hydrogens is 568 g/mol. The number of aliphatic hydroxyl groups excluding tert-OH is 1. The fourth-order valence-corrected chi connectivity index (χ4v) is 15.1. The maximum Gasteiger partial charge on any atom is 0.220 e. The predicted octanol–water partition coefficient (Wildman–Crippen LogP) is 9.71. The van der Waals surface area contributed by atoms with Crippen LogP contribution < -0.4 is 0 Å². The zero-order chi connectivity index (χ0) is 32.9. The van der Waals surface area contributed by atoms with Crippen LogP contribution in [0.15, 0.2) is 4.42 Å². The standard InChI is InChI=1S/C41H64N2O3/c1-24-42-43-34(46-24)28-22-25(35(28,2)3)23-32(45)41-17-12-26(37(6)18-19-37)33(41)27-10-11-30-38(7)15-14-31(44)36(4,5)29(38)13-16-40(30,9)39(27,8)20-21-41/h25-31,33,44H,10-23H2,1-9H3/t25-,26+,27+,28+,29-,30+,31-,33+,38-,39+,40+,41+/m0/s1. The summed E-state index contributed by atoms with van der Waals surface area (Å²) < 4.78 is 5.88. The largest absolute Gasteiger partial charge is 0.425 e. The van der Waals surface area contributed by atoms with E-state index in [1.165, 1.54) is 57.8 Å². The lowest BCUT2D eigenvalue weighted by molar-refractivity contribution is -0.248. The van der Waals surface area contributed by atoms with Crippen LogP contribution in [0, 0.1) is 80.3 Å². The fraction of sp³-hybridized carbons (Fsp3) is 0.927. The summed E-state index contributed by atoms with van der Waals surface area (Å²) in [5.74, 6) is 5.91. The Morgan fingerprint density at radius 2 is 1.50 bits per heavy atom. The van der Waals surface area contributed by atoms with Crippen LogP contribution in [0.3, 0.4) is 0 Å². The highest BCUT2D eigenvalue weighted by Gasteiger charge is 2.73. The molecule has 0 unspecified atom stereocenters. The van der Waals surface area contributed by atoms with E-state index in [1.807, 2.05) is 6.92 Å². The average molecular weight is 633 g/mol. The van der Waals surface area contributed by atoms with Crippen molar-refractivity contribution in [3.8, 4) is 0 Å². The molecule has 1 heterocycles. The molecule has 7 aliphatic rings. The fourth-order valence-electron chi connectivity index (χ4n) is 15.1. The minimum atomic E-state index is -0.172. The summed E-state index contributed by atoms with van der Waals surface area (Å²) >= 11 is 0. The highest BCUT2D eigenvalue weighted by atomic mass is 16.4. The predicted molar refractivity (Wildman–Crippen MR) is 181 cm³/mol. The molecule has 0 radical (unpaired) electrons. The zero-order valence-electron chi connectivity index (χ0n) is 30.7. The molecule has 0 spiro atoms.